The van der Waals surface area contributed by atoms with Crippen LogP contribution in [0.1, 0.15) is 27.2 Å². The summed E-state index contributed by atoms with van der Waals surface area (Å²) >= 11 is 6.41. The van der Waals surface area contributed by atoms with Crippen molar-refractivity contribution in [3.05, 3.63) is 82.3 Å². The fourth-order valence-electron chi connectivity index (χ4n) is 5.14. The van der Waals surface area contributed by atoms with Crippen LogP contribution in [0.15, 0.2) is 59.4 Å². The number of imidazole rings is 1. The topological polar surface area (TPSA) is 132 Å². The smallest absolute Gasteiger partial charge is 0.325 e. The highest BCUT2D eigenvalue weighted by atomic mass is 35.5. The van der Waals surface area contributed by atoms with Crippen LogP contribution < -0.4 is 10.2 Å². The van der Waals surface area contributed by atoms with Gasteiger partial charge in [-0.1, -0.05) is 64.8 Å². The molecular weight excluding hydrogens is 584 g/mol. The van der Waals surface area contributed by atoms with E-state index in [2.05, 4.69) is 39.7 Å². The van der Waals surface area contributed by atoms with Crippen LogP contribution in [0.4, 0.5) is 11.8 Å². The number of fused-ring (bicyclic) bond motifs is 1. The van der Waals surface area contributed by atoms with Crippen LogP contribution in [-0.4, -0.2) is 74.7 Å². The molecular formula is C31H31ClN8O4. The number of carbonyl (C=O) groups is 2. The summed E-state index contributed by atoms with van der Waals surface area (Å²) in [6.07, 6.45) is 1.56. The van der Waals surface area contributed by atoms with Crippen LogP contribution >= 0.6 is 11.6 Å². The van der Waals surface area contributed by atoms with Crippen molar-refractivity contribution in [2.24, 2.45) is 0 Å². The maximum atomic E-state index is 13.7. The molecule has 1 N–H and O–H groups in total. The number of methoxy groups -OCH3 is 1. The average molecular weight is 615 g/mol. The highest BCUT2D eigenvalue weighted by Gasteiger charge is 2.30. The number of benzene rings is 2. The van der Waals surface area contributed by atoms with Crippen molar-refractivity contribution >= 4 is 46.4 Å². The quantitative estimate of drug-likeness (QED) is 0.249. The van der Waals surface area contributed by atoms with E-state index in [4.69, 9.17) is 30.8 Å². The lowest BCUT2D eigenvalue weighted by molar-refractivity contribution is -0.141. The van der Waals surface area contributed by atoms with E-state index in [1.165, 1.54) is 12.7 Å². The Bertz CT molecular complexity index is 1830. The van der Waals surface area contributed by atoms with Crippen molar-refractivity contribution in [1.29, 1.82) is 0 Å². The van der Waals surface area contributed by atoms with Crippen LogP contribution in [0.2, 0.25) is 5.02 Å². The number of hydrogen-bond donors (Lipinski definition) is 1. The number of hydrogen-bond acceptors (Lipinski definition) is 10. The van der Waals surface area contributed by atoms with Gasteiger partial charge >= 0.3 is 5.97 Å². The summed E-state index contributed by atoms with van der Waals surface area (Å²) in [6, 6.07) is 15.5. The van der Waals surface area contributed by atoms with E-state index in [1.54, 1.807) is 28.8 Å². The van der Waals surface area contributed by atoms with Crippen molar-refractivity contribution in [3.63, 3.8) is 0 Å². The summed E-state index contributed by atoms with van der Waals surface area (Å²) in [4.78, 5) is 43.7. The van der Waals surface area contributed by atoms with Crippen LogP contribution in [0.5, 0.6) is 0 Å². The van der Waals surface area contributed by atoms with E-state index in [-0.39, 0.29) is 12.5 Å². The normalized spacial score (nSPS) is 13.4. The summed E-state index contributed by atoms with van der Waals surface area (Å²) in [6.45, 7) is 6.11. The number of amides is 1. The van der Waals surface area contributed by atoms with E-state index in [9.17, 15) is 9.59 Å². The van der Waals surface area contributed by atoms with Gasteiger partial charge in [-0.05, 0) is 25.5 Å². The predicted molar refractivity (Wildman–Crippen MR) is 166 cm³/mol. The molecule has 44 heavy (non-hydrogen) atoms. The second-order valence-corrected chi connectivity index (χ2v) is 11.0. The molecule has 4 heterocycles. The average Bonchev–Trinajstić information content (AvgIpc) is 3.63. The van der Waals surface area contributed by atoms with Crippen molar-refractivity contribution in [2.75, 3.05) is 43.5 Å². The first-order chi connectivity index (χ1) is 21.3. The van der Waals surface area contributed by atoms with Gasteiger partial charge in [0.15, 0.2) is 17.0 Å². The Morgan fingerprint density at radius 2 is 1.77 bits per heavy atom. The van der Waals surface area contributed by atoms with E-state index in [0.717, 1.165) is 5.56 Å². The second kappa shape index (κ2) is 12.3. The van der Waals surface area contributed by atoms with Crippen LogP contribution in [0, 0.1) is 13.8 Å². The molecule has 1 aliphatic heterocycles. The Labute approximate surface area is 258 Å². The molecule has 1 saturated heterocycles. The lowest BCUT2D eigenvalue weighted by atomic mass is 10.0. The molecule has 0 radical (unpaired) electrons. The van der Waals surface area contributed by atoms with Crippen LogP contribution in [0.25, 0.3) is 22.4 Å². The van der Waals surface area contributed by atoms with E-state index < -0.39 is 5.97 Å². The molecule has 0 aliphatic carbocycles. The third-order valence-corrected chi connectivity index (χ3v) is 7.94. The van der Waals surface area contributed by atoms with E-state index >= 15 is 0 Å². The maximum absolute atomic E-state index is 13.7. The molecule has 226 valence electrons. The zero-order chi connectivity index (χ0) is 30.8. The van der Waals surface area contributed by atoms with Crippen molar-refractivity contribution in [2.45, 2.75) is 26.9 Å². The number of nitrogens with zero attached hydrogens (tertiary/aromatic N) is 7. The molecule has 0 spiro atoms. The van der Waals surface area contributed by atoms with Crippen molar-refractivity contribution in [1.82, 2.24) is 29.6 Å². The van der Waals surface area contributed by atoms with Gasteiger partial charge in [-0.15, -0.1) is 0 Å². The molecule has 1 fully saturated rings. The van der Waals surface area contributed by atoms with Crippen LogP contribution in [0.3, 0.4) is 0 Å². The first-order valence-electron chi connectivity index (χ1n) is 14.2. The number of nitrogens with one attached hydrogen (secondary N) is 1. The molecule has 0 bridgehead atoms. The first kappa shape index (κ1) is 29.1. The summed E-state index contributed by atoms with van der Waals surface area (Å²) in [7, 11) is 1.34. The molecule has 6 rings (SSSR count). The number of esters is 1. The predicted octanol–water partition coefficient (Wildman–Crippen LogP) is 4.50. The number of ether oxygens (including phenoxy) is 1. The minimum atomic E-state index is -0.411. The number of anilines is 2. The van der Waals surface area contributed by atoms with Crippen LogP contribution in [-0.2, 0) is 22.6 Å². The Morgan fingerprint density at radius 3 is 2.50 bits per heavy atom. The number of piperazine rings is 1. The number of carbonyl (C=O) groups excluding carboxylic acids is 2. The molecule has 5 aromatic rings. The minimum Gasteiger partial charge on any atom is -0.468 e. The largest absolute Gasteiger partial charge is 0.468 e. The Morgan fingerprint density at radius 1 is 1.02 bits per heavy atom. The number of rotatable bonds is 8. The Balaban J connectivity index is 1.24. The fraction of sp³-hybridized carbons (Fsp3) is 0.290. The van der Waals surface area contributed by atoms with E-state index in [1.807, 2.05) is 30.0 Å². The fourth-order valence-corrected chi connectivity index (χ4v) is 5.36. The zero-order valence-corrected chi connectivity index (χ0v) is 25.3. The molecule has 3 aromatic heterocycles. The highest BCUT2D eigenvalue weighted by Crippen LogP contribution is 2.32. The summed E-state index contributed by atoms with van der Waals surface area (Å²) in [5.74, 6) is 0.874. The van der Waals surface area contributed by atoms with Crippen molar-refractivity contribution in [3.8, 4) is 11.3 Å². The second-order valence-electron chi connectivity index (χ2n) is 10.6. The lowest BCUT2D eigenvalue weighted by Gasteiger charge is -2.34. The van der Waals surface area contributed by atoms with Gasteiger partial charge < -0.3 is 28.9 Å². The van der Waals surface area contributed by atoms with Gasteiger partial charge in [0.25, 0.3) is 5.91 Å². The van der Waals surface area contributed by atoms with Gasteiger partial charge in [0, 0.05) is 38.3 Å². The van der Waals surface area contributed by atoms with Gasteiger partial charge in [-0.2, -0.15) is 9.97 Å². The highest BCUT2D eigenvalue weighted by molar-refractivity contribution is 6.33. The summed E-state index contributed by atoms with van der Waals surface area (Å²) in [5.41, 5.74) is 4.80. The maximum Gasteiger partial charge on any atom is 0.325 e. The van der Waals surface area contributed by atoms with Gasteiger partial charge in [-0.3, -0.25) is 9.59 Å². The molecule has 12 nitrogen and oxygen atoms in total. The number of aryl methyl sites for hydroxylation is 2. The third-order valence-electron chi connectivity index (χ3n) is 7.62. The summed E-state index contributed by atoms with van der Waals surface area (Å²) in [5, 5.41) is 8.04. The number of aromatic nitrogens is 5. The van der Waals surface area contributed by atoms with Gasteiger partial charge in [0.1, 0.15) is 23.6 Å². The molecule has 1 aliphatic rings. The molecule has 13 heteroatoms. The molecule has 1 amide bonds. The molecule has 0 saturated carbocycles. The third kappa shape index (κ3) is 5.80. The number of halogens is 1. The minimum absolute atomic E-state index is 0.0328. The molecule has 0 unspecified atom stereocenters. The molecule has 0 atom stereocenters. The monoisotopic (exact) mass is 614 g/mol. The Hall–Kier alpha value is -4.97. The molecule has 2 aromatic carbocycles. The SMILES string of the molecule is COC(=O)Cn1cnc2c(NCc3ccc(C)cc3)nc(N3CCN(C(=O)c4c(-c5ccccc5Cl)noc4C)CC3)nc21. The Kier molecular flexibility index (Phi) is 8.16. The van der Waals surface area contributed by atoms with Crippen molar-refractivity contribution < 1.29 is 18.8 Å². The standard InChI is InChI=1S/C31H31ClN8O4/c1-19-8-10-21(11-9-19)16-33-28-27-29(40(18-34-27)17-24(41)43-3)36-31(35-28)39-14-12-38(13-15-39)30(42)25-20(2)44-37-26(25)22-6-4-5-7-23(22)32/h4-11,18H,12-17H2,1-3H3,(H,33,35,36). The van der Waals surface area contributed by atoms with Gasteiger partial charge in [-0.25, -0.2) is 4.98 Å². The van der Waals surface area contributed by atoms with Gasteiger partial charge in [0.05, 0.1) is 18.5 Å². The zero-order valence-electron chi connectivity index (χ0n) is 24.6. The van der Waals surface area contributed by atoms with E-state index in [0.29, 0.717) is 83.3 Å². The lowest BCUT2D eigenvalue weighted by Crippen LogP contribution is -2.49. The summed E-state index contributed by atoms with van der Waals surface area (Å²) < 4.78 is 11.9. The first-order valence-corrected chi connectivity index (χ1v) is 14.5. The van der Waals surface area contributed by atoms with Gasteiger partial charge in [0.2, 0.25) is 5.95 Å².